The average molecular weight is 336 g/mol. The van der Waals surface area contributed by atoms with Crippen LogP contribution in [-0.2, 0) is 0 Å². The fraction of sp³-hybridized carbons (Fsp3) is 0.176. The van der Waals surface area contributed by atoms with Crippen LogP contribution in [0.5, 0.6) is 0 Å². The molecule has 0 aliphatic carbocycles. The van der Waals surface area contributed by atoms with Gasteiger partial charge in [0.1, 0.15) is 0 Å². The monoisotopic (exact) mass is 336 g/mol. The largest absolute Gasteiger partial charge is 0.350 e. The molecule has 0 radical (unpaired) electrons. The Balaban J connectivity index is 1.85. The first-order valence-corrected chi connectivity index (χ1v) is 7.16. The third-order valence-electron chi connectivity index (χ3n) is 3.26. The molecule has 0 spiro atoms. The lowest BCUT2D eigenvalue weighted by molar-refractivity contribution is 0.0924. The second kappa shape index (κ2) is 7.63. The van der Waals surface area contributed by atoms with Crippen LogP contribution in [0.1, 0.15) is 26.3 Å². The highest BCUT2D eigenvalue weighted by Crippen LogP contribution is 2.14. The number of aryl methyl sites for hydroxylation is 1. The number of benzene rings is 2. The second-order valence-corrected chi connectivity index (χ2v) is 5.10. The number of hydrogen-bond donors (Lipinski definition) is 2. The van der Waals surface area contributed by atoms with Crippen molar-refractivity contribution in [3.8, 4) is 0 Å². The summed E-state index contributed by atoms with van der Waals surface area (Å²) >= 11 is 0. The van der Waals surface area contributed by atoms with Gasteiger partial charge in [0.05, 0.1) is 5.56 Å². The summed E-state index contributed by atoms with van der Waals surface area (Å²) in [6.45, 7) is 1.96. The fourth-order valence-electron chi connectivity index (χ4n) is 2.04. The zero-order valence-corrected chi connectivity index (χ0v) is 12.8. The number of nitrogens with one attached hydrogen (secondary N) is 2. The van der Waals surface area contributed by atoms with Crippen molar-refractivity contribution in [2.45, 2.75) is 6.92 Å². The molecular formula is C17H15F3N2O2. The van der Waals surface area contributed by atoms with E-state index in [9.17, 15) is 22.8 Å². The van der Waals surface area contributed by atoms with Gasteiger partial charge >= 0.3 is 0 Å². The highest BCUT2D eigenvalue weighted by atomic mass is 19.2. The van der Waals surface area contributed by atoms with E-state index < -0.39 is 28.9 Å². The molecule has 0 aliphatic rings. The van der Waals surface area contributed by atoms with Gasteiger partial charge in [-0.3, -0.25) is 9.59 Å². The highest BCUT2D eigenvalue weighted by Gasteiger charge is 2.18. The minimum Gasteiger partial charge on any atom is -0.350 e. The van der Waals surface area contributed by atoms with Gasteiger partial charge in [0, 0.05) is 18.7 Å². The van der Waals surface area contributed by atoms with Gasteiger partial charge in [0.25, 0.3) is 11.8 Å². The summed E-state index contributed by atoms with van der Waals surface area (Å²) in [6.07, 6.45) is 0. The molecule has 2 amide bonds. The number of halogens is 3. The molecule has 0 aliphatic heterocycles. The number of amides is 2. The zero-order valence-electron chi connectivity index (χ0n) is 12.8. The lowest BCUT2D eigenvalue weighted by atomic mass is 10.1. The van der Waals surface area contributed by atoms with Crippen molar-refractivity contribution in [2.24, 2.45) is 0 Å². The van der Waals surface area contributed by atoms with E-state index >= 15 is 0 Å². The van der Waals surface area contributed by atoms with E-state index in [0.29, 0.717) is 11.6 Å². The first-order chi connectivity index (χ1) is 11.4. The molecule has 2 rings (SSSR count). The first-order valence-electron chi connectivity index (χ1n) is 7.16. The summed E-state index contributed by atoms with van der Waals surface area (Å²) in [5, 5.41) is 4.91. The molecule has 24 heavy (non-hydrogen) atoms. The SMILES string of the molecule is Cc1cccc(C(=O)NCCNC(=O)c2ccc(F)c(F)c2F)c1. The van der Waals surface area contributed by atoms with E-state index in [2.05, 4.69) is 10.6 Å². The summed E-state index contributed by atoms with van der Waals surface area (Å²) in [5.74, 6) is -5.82. The van der Waals surface area contributed by atoms with Crippen molar-refractivity contribution in [2.75, 3.05) is 13.1 Å². The van der Waals surface area contributed by atoms with Gasteiger partial charge in [-0.1, -0.05) is 17.7 Å². The minimum atomic E-state index is -1.70. The van der Waals surface area contributed by atoms with E-state index in [0.717, 1.165) is 11.6 Å². The molecule has 0 heterocycles. The van der Waals surface area contributed by atoms with Crippen molar-refractivity contribution < 1.29 is 22.8 Å². The molecule has 2 aromatic carbocycles. The van der Waals surface area contributed by atoms with Gasteiger partial charge in [0.2, 0.25) is 0 Å². The predicted molar refractivity (Wildman–Crippen MR) is 82.2 cm³/mol. The molecule has 0 saturated heterocycles. The number of carbonyl (C=O) groups is 2. The maximum Gasteiger partial charge on any atom is 0.254 e. The van der Waals surface area contributed by atoms with Gasteiger partial charge in [-0.25, -0.2) is 13.2 Å². The molecule has 0 saturated carbocycles. The molecule has 0 atom stereocenters. The summed E-state index contributed by atoms with van der Waals surface area (Å²) in [6, 6.07) is 8.49. The Kier molecular flexibility index (Phi) is 5.57. The minimum absolute atomic E-state index is 0.00875. The van der Waals surface area contributed by atoms with Crippen LogP contribution >= 0.6 is 0 Å². The van der Waals surface area contributed by atoms with Crippen molar-refractivity contribution in [1.82, 2.24) is 10.6 Å². The van der Waals surface area contributed by atoms with Crippen LogP contribution in [0.25, 0.3) is 0 Å². The fourth-order valence-corrected chi connectivity index (χ4v) is 2.04. The van der Waals surface area contributed by atoms with Crippen LogP contribution in [0.3, 0.4) is 0 Å². The lowest BCUT2D eigenvalue weighted by Crippen LogP contribution is -2.35. The third-order valence-corrected chi connectivity index (χ3v) is 3.26. The molecule has 126 valence electrons. The number of rotatable bonds is 5. The molecule has 0 unspecified atom stereocenters. The first kappa shape index (κ1) is 17.5. The maximum absolute atomic E-state index is 13.5. The van der Waals surface area contributed by atoms with Crippen molar-refractivity contribution >= 4 is 11.8 Å². The normalized spacial score (nSPS) is 10.3. The molecule has 0 bridgehead atoms. The molecule has 0 aromatic heterocycles. The van der Waals surface area contributed by atoms with E-state index in [1.54, 1.807) is 18.2 Å². The Morgan fingerprint density at radius 1 is 0.917 bits per heavy atom. The van der Waals surface area contributed by atoms with Crippen molar-refractivity contribution in [3.63, 3.8) is 0 Å². The topological polar surface area (TPSA) is 58.2 Å². The Bertz CT molecular complexity index is 778. The summed E-state index contributed by atoms with van der Waals surface area (Å²) in [5.41, 5.74) is 0.816. The molecule has 4 nitrogen and oxygen atoms in total. The average Bonchev–Trinajstić information content (AvgIpc) is 2.56. The standard InChI is InChI=1S/C17H15F3N2O2/c1-10-3-2-4-11(9-10)16(23)21-7-8-22-17(24)12-5-6-13(18)15(20)14(12)19/h2-6,9H,7-8H2,1H3,(H,21,23)(H,22,24). The van der Waals surface area contributed by atoms with Crippen molar-refractivity contribution in [1.29, 1.82) is 0 Å². The quantitative estimate of drug-likeness (QED) is 0.651. The van der Waals surface area contributed by atoms with Crippen LogP contribution < -0.4 is 10.6 Å². The van der Waals surface area contributed by atoms with E-state index in [4.69, 9.17) is 0 Å². The Morgan fingerprint density at radius 2 is 1.58 bits per heavy atom. The van der Waals surface area contributed by atoms with Crippen LogP contribution in [0, 0.1) is 24.4 Å². The summed E-state index contributed by atoms with van der Waals surface area (Å²) in [7, 11) is 0. The molecular weight excluding hydrogens is 321 g/mol. The summed E-state index contributed by atoms with van der Waals surface area (Å²) < 4.78 is 39.4. The van der Waals surface area contributed by atoms with Crippen LogP contribution in [0.15, 0.2) is 36.4 Å². The second-order valence-electron chi connectivity index (χ2n) is 5.10. The Labute approximate surface area is 136 Å². The van der Waals surface area contributed by atoms with E-state index in [-0.39, 0.29) is 19.0 Å². The maximum atomic E-state index is 13.5. The smallest absolute Gasteiger partial charge is 0.254 e. The van der Waals surface area contributed by atoms with Gasteiger partial charge in [-0.05, 0) is 31.2 Å². The Hall–Kier alpha value is -2.83. The van der Waals surface area contributed by atoms with Gasteiger partial charge in [-0.2, -0.15) is 0 Å². The highest BCUT2D eigenvalue weighted by molar-refractivity contribution is 5.95. The van der Waals surface area contributed by atoms with E-state index in [1.807, 2.05) is 13.0 Å². The number of carbonyl (C=O) groups excluding carboxylic acids is 2. The van der Waals surface area contributed by atoms with Crippen LogP contribution in [-0.4, -0.2) is 24.9 Å². The van der Waals surface area contributed by atoms with Gasteiger partial charge in [-0.15, -0.1) is 0 Å². The predicted octanol–water partition coefficient (Wildman–Crippen LogP) is 2.57. The van der Waals surface area contributed by atoms with Crippen LogP contribution in [0.2, 0.25) is 0 Å². The molecule has 2 aromatic rings. The molecule has 0 fully saturated rings. The molecule has 2 N–H and O–H groups in total. The lowest BCUT2D eigenvalue weighted by Gasteiger charge is -2.08. The van der Waals surface area contributed by atoms with Crippen molar-refractivity contribution in [3.05, 3.63) is 70.5 Å². The van der Waals surface area contributed by atoms with Gasteiger partial charge in [0.15, 0.2) is 17.5 Å². The Morgan fingerprint density at radius 3 is 2.25 bits per heavy atom. The van der Waals surface area contributed by atoms with Gasteiger partial charge < -0.3 is 10.6 Å². The van der Waals surface area contributed by atoms with Crippen LogP contribution in [0.4, 0.5) is 13.2 Å². The van der Waals surface area contributed by atoms with E-state index in [1.165, 1.54) is 0 Å². The third kappa shape index (κ3) is 4.13. The number of hydrogen-bond acceptors (Lipinski definition) is 2. The summed E-state index contributed by atoms with van der Waals surface area (Å²) in [4.78, 5) is 23.6. The molecule has 7 heteroatoms. The zero-order chi connectivity index (χ0) is 17.7.